The van der Waals surface area contributed by atoms with Crippen LogP contribution in [0, 0.1) is 0 Å². The van der Waals surface area contributed by atoms with Gasteiger partial charge in [0.1, 0.15) is 0 Å². The Labute approximate surface area is 52.7 Å². The third kappa shape index (κ3) is 6.55. The van der Waals surface area contributed by atoms with Crippen LogP contribution in [0.15, 0.2) is 0 Å². The molecular weight excluding hydrogens is 184 g/mol. The highest BCUT2D eigenvalue weighted by molar-refractivity contribution is 9.09. The Morgan fingerprint density at radius 1 is 1.86 bits per heavy atom. The molecule has 0 saturated heterocycles. The summed E-state index contributed by atoms with van der Waals surface area (Å²) >= 11 is 0.634. The molecule has 5 heteroatoms. The maximum atomic E-state index is 9.52. The maximum absolute atomic E-state index is 9.52. The van der Waals surface area contributed by atoms with Gasteiger partial charge in [-0.25, -0.2) is 4.21 Å². The zero-order valence-corrected chi connectivity index (χ0v) is 5.83. The molecule has 1 unspecified atom stereocenters. The highest BCUT2D eigenvalue weighted by Crippen LogP contribution is 1.82. The minimum atomic E-state index is -2.35. The summed E-state index contributed by atoms with van der Waals surface area (Å²) < 4.78 is 23.1. The van der Waals surface area contributed by atoms with Crippen molar-refractivity contribution in [3.05, 3.63) is 0 Å². The molecule has 7 heavy (non-hydrogen) atoms. The molecule has 0 heterocycles. The molecule has 44 valence electrons. The summed E-state index contributed by atoms with van der Waals surface area (Å²) in [5, 5.41) is 0.543. The summed E-state index contributed by atoms with van der Waals surface area (Å²) in [5.41, 5.74) is 0. The van der Waals surface area contributed by atoms with Crippen LogP contribution in [0.5, 0.6) is 0 Å². The number of hydrogen-bond donors (Lipinski definition) is 0. The molecule has 1 atom stereocenters. The largest absolute Gasteiger partial charge is 0.750 e. The van der Waals surface area contributed by atoms with Gasteiger partial charge in [0.2, 0.25) is 0 Å². The first-order valence-electron chi connectivity index (χ1n) is 1.56. The normalized spacial score (nSPS) is 14.0. The lowest BCUT2D eigenvalue weighted by Crippen LogP contribution is -1.97. The van der Waals surface area contributed by atoms with Crippen molar-refractivity contribution in [2.24, 2.45) is 0 Å². The average molecular weight is 188 g/mol. The number of hydrogen-bond acceptors (Lipinski definition) is 3. The van der Waals surface area contributed by atoms with E-state index in [1.807, 2.05) is 0 Å². The highest BCUT2D eigenvalue weighted by atomic mass is 79.9. The zero-order chi connectivity index (χ0) is 5.70. The van der Waals surface area contributed by atoms with Gasteiger partial charge in [-0.2, -0.15) is 0 Å². The molecule has 0 aliphatic rings. The first-order chi connectivity index (χ1) is 3.27. The fraction of sp³-hybridized carbons (Fsp3) is 1.00. The van der Waals surface area contributed by atoms with Crippen LogP contribution in [-0.2, 0) is 15.5 Å². The molecule has 0 saturated carbocycles. The van der Waals surface area contributed by atoms with Crippen molar-refractivity contribution in [1.82, 2.24) is 0 Å². The molecule has 0 bridgehead atoms. The van der Waals surface area contributed by atoms with Gasteiger partial charge in [0.25, 0.3) is 0 Å². The molecule has 0 aliphatic heterocycles. The molecule has 0 rings (SSSR count). The van der Waals surface area contributed by atoms with Crippen molar-refractivity contribution < 1.29 is 12.9 Å². The van der Waals surface area contributed by atoms with E-state index in [1.165, 1.54) is 0 Å². The fourth-order valence-corrected chi connectivity index (χ4v) is 0.695. The standard InChI is InChI=1S/C2H5BrO3S/c3-1-2-6-7(4)5/h1-2H2,(H,4,5)/p-1. The van der Waals surface area contributed by atoms with Crippen LogP contribution >= 0.6 is 15.9 Å². The number of alkyl halides is 1. The van der Waals surface area contributed by atoms with Crippen LogP contribution in [0.2, 0.25) is 0 Å². The van der Waals surface area contributed by atoms with Gasteiger partial charge < -0.3 is 4.55 Å². The van der Waals surface area contributed by atoms with Crippen LogP contribution in [0.25, 0.3) is 0 Å². The maximum Gasteiger partial charge on any atom is 0.0842 e. The first kappa shape index (κ1) is 7.55. The molecule has 0 aliphatic carbocycles. The van der Waals surface area contributed by atoms with Gasteiger partial charge in [-0.3, -0.25) is 4.18 Å². The van der Waals surface area contributed by atoms with Gasteiger partial charge in [0.05, 0.1) is 18.0 Å². The molecule has 0 aromatic heterocycles. The lowest BCUT2D eigenvalue weighted by Gasteiger charge is -2.00. The molecule has 3 nitrogen and oxygen atoms in total. The molecular formula is C2H4BrO3S-. The quantitative estimate of drug-likeness (QED) is 0.469. The molecule has 0 radical (unpaired) electrons. The van der Waals surface area contributed by atoms with E-state index in [9.17, 15) is 8.76 Å². The van der Waals surface area contributed by atoms with Gasteiger partial charge in [-0.15, -0.1) is 0 Å². The second-order valence-corrected chi connectivity index (χ2v) is 2.15. The lowest BCUT2D eigenvalue weighted by atomic mass is 10.9. The average Bonchev–Trinajstić information content (AvgIpc) is 1.61. The predicted molar refractivity (Wildman–Crippen MR) is 28.7 cm³/mol. The number of rotatable bonds is 3. The highest BCUT2D eigenvalue weighted by Gasteiger charge is 1.78. The van der Waals surface area contributed by atoms with Crippen molar-refractivity contribution in [1.29, 1.82) is 0 Å². The molecule has 0 amide bonds. The minimum absolute atomic E-state index is 0.204. The molecule has 0 fully saturated rings. The minimum Gasteiger partial charge on any atom is -0.750 e. The Bertz CT molecular complexity index is 66.0. The Kier molecular flexibility index (Phi) is 5.07. The van der Waals surface area contributed by atoms with E-state index in [4.69, 9.17) is 0 Å². The second-order valence-electron chi connectivity index (χ2n) is 0.715. The van der Waals surface area contributed by atoms with E-state index < -0.39 is 11.4 Å². The lowest BCUT2D eigenvalue weighted by molar-refractivity contribution is 0.321. The SMILES string of the molecule is O=S([O-])OCCBr. The molecule has 0 N–H and O–H groups in total. The molecule has 0 aromatic carbocycles. The van der Waals surface area contributed by atoms with Crippen molar-refractivity contribution in [3.8, 4) is 0 Å². The summed E-state index contributed by atoms with van der Waals surface area (Å²) in [7, 11) is 0. The summed E-state index contributed by atoms with van der Waals surface area (Å²) in [6.07, 6.45) is 0. The van der Waals surface area contributed by atoms with Gasteiger partial charge in [0, 0.05) is 5.33 Å². The Morgan fingerprint density at radius 3 is 2.57 bits per heavy atom. The van der Waals surface area contributed by atoms with Crippen LogP contribution in [-0.4, -0.2) is 20.7 Å². The first-order valence-corrected chi connectivity index (χ1v) is 3.68. The zero-order valence-electron chi connectivity index (χ0n) is 3.43. The van der Waals surface area contributed by atoms with Gasteiger partial charge in [0.15, 0.2) is 0 Å². The second kappa shape index (κ2) is 4.70. The van der Waals surface area contributed by atoms with Crippen LogP contribution < -0.4 is 0 Å². The molecule has 0 aromatic rings. The third-order valence-electron chi connectivity index (χ3n) is 0.257. The fourth-order valence-electron chi connectivity index (χ4n) is 0.0995. The number of halogens is 1. The van der Waals surface area contributed by atoms with E-state index in [2.05, 4.69) is 20.1 Å². The van der Waals surface area contributed by atoms with Crippen LogP contribution in [0.4, 0.5) is 0 Å². The van der Waals surface area contributed by atoms with Crippen LogP contribution in [0.3, 0.4) is 0 Å². The summed E-state index contributed by atoms with van der Waals surface area (Å²) in [6.45, 7) is 0.204. The smallest absolute Gasteiger partial charge is 0.0842 e. The van der Waals surface area contributed by atoms with E-state index in [0.717, 1.165) is 0 Å². The predicted octanol–water partition coefficient (Wildman–Crippen LogP) is 0.192. The van der Waals surface area contributed by atoms with Gasteiger partial charge in [-0.1, -0.05) is 15.9 Å². The Balaban J connectivity index is 2.82. The Hall–Kier alpha value is 0.550. The van der Waals surface area contributed by atoms with Crippen molar-refractivity contribution in [2.45, 2.75) is 0 Å². The van der Waals surface area contributed by atoms with Gasteiger partial charge in [-0.05, 0) is 0 Å². The summed E-state index contributed by atoms with van der Waals surface area (Å²) in [6, 6.07) is 0. The van der Waals surface area contributed by atoms with Crippen molar-refractivity contribution >= 4 is 27.3 Å². The van der Waals surface area contributed by atoms with Gasteiger partial charge >= 0.3 is 0 Å². The Morgan fingerprint density at radius 2 is 2.43 bits per heavy atom. The van der Waals surface area contributed by atoms with Crippen molar-refractivity contribution in [3.63, 3.8) is 0 Å². The van der Waals surface area contributed by atoms with E-state index in [0.29, 0.717) is 5.33 Å². The topological polar surface area (TPSA) is 49.4 Å². The summed E-state index contributed by atoms with van der Waals surface area (Å²) in [4.78, 5) is 0. The molecule has 0 spiro atoms. The third-order valence-corrected chi connectivity index (χ3v) is 0.940. The van der Waals surface area contributed by atoms with Crippen molar-refractivity contribution in [2.75, 3.05) is 11.9 Å². The van der Waals surface area contributed by atoms with E-state index >= 15 is 0 Å². The monoisotopic (exact) mass is 187 g/mol. The van der Waals surface area contributed by atoms with E-state index in [1.54, 1.807) is 0 Å². The van der Waals surface area contributed by atoms with E-state index in [-0.39, 0.29) is 6.61 Å². The van der Waals surface area contributed by atoms with Crippen LogP contribution in [0.1, 0.15) is 0 Å². The summed E-state index contributed by atoms with van der Waals surface area (Å²) in [5.74, 6) is 0.